The van der Waals surface area contributed by atoms with Crippen molar-refractivity contribution in [1.29, 1.82) is 0 Å². The third kappa shape index (κ3) is 4.87. The summed E-state index contributed by atoms with van der Waals surface area (Å²) in [5, 5.41) is 10.1. The molecule has 1 fully saturated rings. The van der Waals surface area contributed by atoms with Crippen LogP contribution in [0.15, 0.2) is 30.3 Å². The molecule has 1 aliphatic rings. The van der Waals surface area contributed by atoms with Gasteiger partial charge in [-0.05, 0) is 31.9 Å². The van der Waals surface area contributed by atoms with Crippen molar-refractivity contribution in [3.8, 4) is 0 Å². The number of piperidine rings is 1. The van der Waals surface area contributed by atoms with Crippen LogP contribution in [0.25, 0.3) is 0 Å². The summed E-state index contributed by atoms with van der Waals surface area (Å²) in [6.07, 6.45) is 1.59. The fourth-order valence-corrected chi connectivity index (χ4v) is 2.74. The normalized spacial score (nSPS) is 25.6. The molecular weight excluding hydrogens is 252 g/mol. The summed E-state index contributed by atoms with van der Waals surface area (Å²) < 4.78 is 5.58. The van der Waals surface area contributed by atoms with E-state index in [-0.39, 0.29) is 0 Å². The third-order valence-corrected chi connectivity index (χ3v) is 3.92. The lowest BCUT2D eigenvalue weighted by atomic mass is 9.99. The lowest BCUT2D eigenvalue weighted by molar-refractivity contribution is -0.00273. The fourth-order valence-electron chi connectivity index (χ4n) is 2.74. The first-order valence-corrected chi connectivity index (χ1v) is 7.44. The zero-order valence-electron chi connectivity index (χ0n) is 12.2. The highest BCUT2D eigenvalue weighted by Gasteiger charge is 2.24. The van der Waals surface area contributed by atoms with E-state index in [9.17, 15) is 5.11 Å². The van der Waals surface area contributed by atoms with Crippen molar-refractivity contribution in [2.24, 2.45) is 5.73 Å². The van der Waals surface area contributed by atoms with Gasteiger partial charge in [0.05, 0.1) is 19.3 Å². The topological polar surface area (TPSA) is 58.7 Å². The van der Waals surface area contributed by atoms with E-state index in [1.54, 1.807) is 0 Å². The maximum absolute atomic E-state index is 10.1. The minimum Gasteiger partial charge on any atom is -0.389 e. The molecule has 3 N–H and O–H groups in total. The van der Waals surface area contributed by atoms with E-state index in [1.165, 1.54) is 0 Å². The quantitative estimate of drug-likeness (QED) is 0.825. The van der Waals surface area contributed by atoms with Gasteiger partial charge < -0.3 is 15.6 Å². The number of aliphatic hydroxyl groups is 1. The number of benzene rings is 1. The second kappa shape index (κ2) is 7.74. The Morgan fingerprint density at radius 3 is 2.85 bits per heavy atom. The number of aliphatic hydroxyl groups excluding tert-OH is 1. The predicted octanol–water partition coefficient (Wildman–Crippen LogP) is 1.38. The first kappa shape index (κ1) is 15.4. The maximum atomic E-state index is 10.1. The number of likely N-dealkylation sites (tertiary alicyclic amines) is 1. The molecule has 0 amide bonds. The van der Waals surface area contributed by atoms with Gasteiger partial charge in [0.25, 0.3) is 0 Å². The van der Waals surface area contributed by atoms with Crippen molar-refractivity contribution >= 4 is 0 Å². The van der Waals surface area contributed by atoms with Crippen LogP contribution in [0, 0.1) is 0 Å². The molecule has 1 aromatic carbocycles. The average molecular weight is 278 g/mol. The van der Waals surface area contributed by atoms with E-state index < -0.39 is 6.10 Å². The maximum Gasteiger partial charge on any atom is 0.0900 e. The Balaban J connectivity index is 1.66. The summed E-state index contributed by atoms with van der Waals surface area (Å²) in [7, 11) is 0. The zero-order chi connectivity index (χ0) is 14.4. The molecule has 1 heterocycles. The molecule has 1 saturated heterocycles. The van der Waals surface area contributed by atoms with Crippen molar-refractivity contribution in [3.05, 3.63) is 35.9 Å². The lowest BCUT2D eigenvalue weighted by Gasteiger charge is -2.37. The van der Waals surface area contributed by atoms with E-state index in [4.69, 9.17) is 10.5 Å². The van der Waals surface area contributed by atoms with Crippen molar-refractivity contribution < 1.29 is 9.84 Å². The number of nitrogens with zero attached hydrogens (tertiary/aromatic N) is 1. The highest BCUT2D eigenvalue weighted by molar-refractivity contribution is 5.13. The first-order valence-electron chi connectivity index (χ1n) is 7.44. The number of rotatable bonds is 6. The highest BCUT2D eigenvalue weighted by atomic mass is 16.5. The van der Waals surface area contributed by atoms with Gasteiger partial charge in [-0.3, -0.25) is 4.90 Å². The molecule has 1 aliphatic heterocycles. The van der Waals surface area contributed by atoms with Crippen molar-refractivity contribution in [2.75, 3.05) is 19.7 Å². The van der Waals surface area contributed by atoms with E-state index in [0.717, 1.165) is 24.9 Å². The van der Waals surface area contributed by atoms with Gasteiger partial charge in [-0.25, -0.2) is 0 Å². The zero-order valence-corrected chi connectivity index (χ0v) is 12.2. The van der Waals surface area contributed by atoms with Crippen molar-refractivity contribution in [3.63, 3.8) is 0 Å². The molecule has 4 heteroatoms. The molecule has 0 radical (unpaired) electrons. The molecule has 20 heavy (non-hydrogen) atoms. The highest BCUT2D eigenvalue weighted by Crippen LogP contribution is 2.16. The molecule has 1 aromatic rings. The smallest absolute Gasteiger partial charge is 0.0900 e. The molecule has 3 unspecified atom stereocenters. The van der Waals surface area contributed by atoms with Crippen LogP contribution in [-0.2, 0) is 11.3 Å². The van der Waals surface area contributed by atoms with Crippen LogP contribution in [-0.4, -0.2) is 47.9 Å². The minimum atomic E-state index is -0.435. The van der Waals surface area contributed by atoms with E-state index in [2.05, 4.69) is 11.8 Å². The molecule has 0 aromatic heterocycles. The number of hydrogen-bond acceptors (Lipinski definition) is 4. The average Bonchev–Trinajstić information content (AvgIpc) is 2.43. The lowest BCUT2D eigenvalue weighted by Crippen LogP contribution is -2.48. The van der Waals surface area contributed by atoms with Crippen LogP contribution >= 0.6 is 0 Å². The molecule has 112 valence electrons. The molecule has 4 nitrogen and oxygen atoms in total. The monoisotopic (exact) mass is 278 g/mol. The molecular formula is C16H26N2O2. The van der Waals surface area contributed by atoms with Gasteiger partial charge >= 0.3 is 0 Å². The first-order chi connectivity index (χ1) is 9.65. The van der Waals surface area contributed by atoms with Crippen molar-refractivity contribution in [1.82, 2.24) is 4.90 Å². The van der Waals surface area contributed by atoms with Gasteiger partial charge in [-0.2, -0.15) is 0 Å². The van der Waals surface area contributed by atoms with Gasteiger partial charge in [-0.15, -0.1) is 0 Å². The molecule has 0 saturated carbocycles. The molecule has 2 rings (SSSR count). The van der Waals surface area contributed by atoms with Gasteiger partial charge in [0, 0.05) is 18.6 Å². The Labute approximate surface area is 121 Å². The Morgan fingerprint density at radius 1 is 1.40 bits per heavy atom. The van der Waals surface area contributed by atoms with Crippen LogP contribution < -0.4 is 5.73 Å². The Morgan fingerprint density at radius 2 is 2.15 bits per heavy atom. The minimum absolute atomic E-state index is 0.313. The summed E-state index contributed by atoms with van der Waals surface area (Å²) >= 11 is 0. The molecule has 0 bridgehead atoms. The Bertz CT molecular complexity index is 385. The van der Waals surface area contributed by atoms with Gasteiger partial charge in [0.15, 0.2) is 0 Å². The van der Waals surface area contributed by atoms with E-state index >= 15 is 0 Å². The second-order valence-electron chi connectivity index (χ2n) is 5.78. The van der Waals surface area contributed by atoms with Gasteiger partial charge in [-0.1, -0.05) is 30.3 Å². The van der Waals surface area contributed by atoms with Crippen LogP contribution in [0.3, 0.4) is 0 Å². The summed E-state index contributed by atoms with van der Waals surface area (Å²) in [6.45, 7) is 4.75. The summed E-state index contributed by atoms with van der Waals surface area (Å²) in [6, 6.07) is 10.8. The Kier molecular flexibility index (Phi) is 5.98. The Hall–Kier alpha value is -0.940. The number of hydrogen-bond donors (Lipinski definition) is 2. The summed E-state index contributed by atoms with van der Waals surface area (Å²) in [5.74, 6) is 0. The summed E-state index contributed by atoms with van der Waals surface area (Å²) in [4.78, 5) is 2.31. The van der Waals surface area contributed by atoms with Crippen LogP contribution in [0.2, 0.25) is 0 Å². The van der Waals surface area contributed by atoms with E-state index in [0.29, 0.717) is 31.8 Å². The third-order valence-electron chi connectivity index (χ3n) is 3.92. The SMILES string of the molecule is CC1CC(N)CCN1CC(O)COCc1ccccc1. The largest absolute Gasteiger partial charge is 0.389 e. The predicted molar refractivity (Wildman–Crippen MR) is 80.3 cm³/mol. The molecule has 0 aliphatic carbocycles. The summed E-state index contributed by atoms with van der Waals surface area (Å²) in [5.41, 5.74) is 7.09. The van der Waals surface area contributed by atoms with Crippen molar-refractivity contribution in [2.45, 2.75) is 44.6 Å². The van der Waals surface area contributed by atoms with Gasteiger partial charge in [0.2, 0.25) is 0 Å². The molecule has 0 spiro atoms. The number of ether oxygens (including phenoxy) is 1. The van der Waals surface area contributed by atoms with Crippen LogP contribution in [0.1, 0.15) is 25.3 Å². The van der Waals surface area contributed by atoms with Crippen LogP contribution in [0.4, 0.5) is 0 Å². The van der Waals surface area contributed by atoms with Gasteiger partial charge in [0.1, 0.15) is 0 Å². The van der Waals surface area contributed by atoms with E-state index in [1.807, 2.05) is 30.3 Å². The van der Waals surface area contributed by atoms with Crippen LogP contribution in [0.5, 0.6) is 0 Å². The fraction of sp³-hybridized carbons (Fsp3) is 0.625. The standard InChI is InChI=1S/C16H26N2O2/c1-13-9-15(17)7-8-18(13)10-16(19)12-20-11-14-5-3-2-4-6-14/h2-6,13,15-16,19H,7-12,17H2,1H3. The second-order valence-corrected chi connectivity index (χ2v) is 5.78. The molecule has 3 atom stereocenters. The number of nitrogens with two attached hydrogens (primary N) is 1. The number of β-amino-alcohol motifs (C(OH)–C–C–N with tert-alkyl or cyclic N) is 1.